The summed E-state index contributed by atoms with van der Waals surface area (Å²) in [6, 6.07) is 6.47. The minimum atomic E-state index is -0.867. The van der Waals surface area contributed by atoms with Gasteiger partial charge in [0.05, 0.1) is 5.92 Å². The van der Waals surface area contributed by atoms with Crippen LogP contribution in [0.4, 0.5) is 4.39 Å². The first-order valence-electron chi connectivity index (χ1n) is 9.53. The van der Waals surface area contributed by atoms with Crippen LogP contribution in [0.25, 0.3) is 0 Å². The van der Waals surface area contributed by atoms with Crippen molar-refractivity contribution in [3.8, 4) is 0 Å². The van der Waals surface area contributed by atoms with Crippen molar-refractivity contribution in [3.05, 3.63) is 35.6 Å². The second-order valence-electron chi connectivity index (χ2n) is 7.52. The monoisotopic (exact) mass is 362 g/mol. The Balaban J connectivity index is 1.54. The Morgan fingerprint density at radius 1 is 1.19 bits per heavy atom. The lowest BCUT2D eigenvalue weighted by molar-refractivity contribution is -0.141. The van der Waals surface area contributed by atoms with Crippen LogP contribution >= 0.6 is 0 Å². The molecule has 1 aromatic rings. The fourth-order valence-electron chi connectivity index (χ4n) is 4.20. The molecule has 26 heavy (non-hydrogen) atoms. The Labute approximate surface area is 153 Å². The van der Waals surface area contributed by atoms with Crippen molar-refractivity contribution >= 4 is 11.9 Å². The van der Waals surface area contributed by atoms with Crippen LogP contribution in [0.15, 0.2) is 24.3 Å². The third-order valence-corrected chi connectivity index (χ3v) is 5.61. The first-order valence-corrected chi connectivity index (χ1v) is 9.53. The second kappa shape index (κ2) is 8.62. The molecule has 3 rings (SSSR count). The van der Waals surface area contributed by atoms with Gasteiger partial charge in [-0.25, -0.2) is 4.39 Å². The summed E-state index contributed by atoms with van der Waals surface area (Å²) in [5.74, 6) is -1.99. The average molecular weight is 362 g/mol. The molecule has 2 fully saturated rings. The van der Waals surface area contributed by atoms with Gasteiger partial charge >= 0.3 is 5.97 Å². The van der Waals surface area contributed by atoms with E-state index in [1.807, 2.05) is 4.90 Å². The summed E-state index contributed by atoms with van der Waals surface area (Å²) in [5, 5.41) is 12.6. The van der Waals surface area contributed by atoms with E-state index in [4.69, 9.17) is 0 Å². The Morgan fingerprint density at radius 2 is 1.96 bits per heavy atom. The van der Waals surface area contributed by atoms with Crippen molar-refractivity contribution < 1.29 is 19.1 Å². The van der Waals surface area contributed by atoms with Gasteiger partial charge in [-0.05, 0) is 30.5 Å². The SMILES string of the molecule is O=C(CCN1C[C@@H](C(=O)O)[C@H](c2cccc(F)c2)C1)NC1CCCCC1. The molecule has 0 radical (unpaired) electrons. The van der Waals surface area contributed by atoms with Crippen molar-refractivity contribution in [2.45, 2.75) is 50.5 Å². The average Bonchev–Trinajstić information content (AvgIpc) is 3.06. The Bertz CT molecular complexity index is 646. The number of halogens is 1. The molecule has 1 aliphatic heterocycles. The highest BCUT2D eigenvalue weighted by Gasteiger charge is 2.38. The predicted octanol–water partition coefficient (Wildman–Crippen LogP) is 2.76. The largest absolute Gasteiger partial charge is 0.481 e. The molecular formula is C20H27FN2O3. The van der Waals surface area contributed by atoms with E-state index < -0.39 is 11.9 Å². The first-order chi connectivity index (χ1) is 12.5. The maximum Gasteiger partial charge on any atom is 0.308 e. The zero-order chi connectivity index (χ0) is 18.5. The number of carboxylic acids is 1. The Kier molecular flexibility index (Phi) is 6.25. The maximum absolute atomic E-state index is 13.5. The lowest BCUT2D eigenvalue weighted by Crippen LogP contribution is -2.38. The number of hydrogen-bond donors (Lipinski definition) is 2. The fourth-order valence-corrected chi connectivity index (χ4v) is 4.20. The van der Waals surface area contributed by atoms with E-state index >= 15 is 0 Å². The molecule has 2 atom stereocenters. The lowest BCUT2D eigenvalue weighted by Gasteiger charge is -2.23. The molecule has 1 saturated carbocycles. The van der Waals surface area contributed by atoms with Crippen LogP contribution < -0.4 is 5.32 Å². The highest BCUT2D eigenvalue weighted by atomic mass is 19.1. The summed E-state index contributed by atoms with van der Waals surface area (Å²) in [6.45, 7) is 1.47. The number of benzene rings is 1. The van der Waals surface area contributed by atoms with Gasteiger partial charge in [-0.15, -0.1) is 0 Å². The second-order valence-corrected chi connectivity index (χ2v) is 7.52. The van der Waals surface area contributed by atoms with Crippen LogP contribution in [0.5, 0.6) is 0 Å². The summed E-state index contributed by atoms with van der Waals surface area (Å²) < 4.78 is 13.5. The molecule has 1 aromatic carbocycles. The van der Waals surface area contributed by atoms with E-state index in [-0.39, 0.29) is 17.6 Å². The van der Waals surface area contributed by atoms with Crippen molar-refractivity contribution in [2.24, 2.45) is 5.92 Å². The Hall–Kier alpha value is -1.95. The summed E-state index contributed by atoms with van der Waals surface area (Å²) in [4.78, 5) is 25.8. The molecule has 2 N–H and O–H groups in total. The van der Waals surface area contributed by atoms with E-state index in [9.17, 15) is 19.1 Å². The summed E-state index contributed by atoms with van der Waals surface area (Å²) in [5.41, 5.74) is 0.714. The normalized spacial score (nSPS) is 24.5. The number of carboxylic acid groups (broad SMARTS) is 1. The Morgan fingerprint density at radius 3 is 2.65 bits per heavy atom. The van der Waals surface area contributed by atoms with Gasteiger partial charge in [0.2, 0.25) is 5.91 Å². The number of carbonyl (C=O) groups excluding carboxylic acids is 1. The van der Waals surface area contributed by atoms with Gasteiger partial charge < -0.3 is 15.3 Å². The molecule has 0 spiro atoms. The number of nitrogens with one attached hydrogen (secondary N) is 1. The zero-order valence-corrected chi connectivity index (χ0v) is 15.0. The highest BCUT2D eigenvalue weighted by molar-refractivity contribution is 5.76. The van der Waals surface area contributed by atoms with E-state index in [1.54, 1.807) is 12.1 Å². The minimum Gasteiger partial charge on any atom is -0.481 e. The van der Waals surface area contributed by atoms with Gasteiger partial charge in [0.25, 0.3) is 0 Å². The molecule has 142 valence electrons. The van der Waals surface area contributed by atoms with Gasteiger partial charge in [0.15, 0.2) is 0 Å². The van der Waals surface area contributed by atoms with Crippen LogP contribution in [0.3, 0.4) is 0 Å². The summed E-state index contributed by atoms with van der Waals surface area (Å²) >= 11 is 0. The summed E-state index contributed by atoms with van der Waals surface area (Å²) in [6.07, 6.45) is 6.08. The number of hydrogen-bond acceptors (Lipinski definition) is 3. The smallest absolute Gasteiger partial charge is 0.308 e. The van der Waals surface area contributed by atoms with Gasteiger partial charge in [0, 0.05) is 38.0 Å². The molecule has 1 heterocycles. The fraction of sp³-hybridized carbons (Fsp3) is 0.600. The number of amides is 1. The molecule has 0 bridgehead atoms. The molecule has 0 aromatic heterocycles. The molecule has 5 nitrogen and oxygen atoms in total. The van der Waals surface area contributed by atoms with Crippen molar-refractivity contribution in [2.75, 3.05) is 19.6 Å². The number of nitrogens with zero attached hydrogens (tertiary/aromatic N) is 1. The van der Waals surface area contributed by atoms with E-state index in [2.05, 4.69) is 5.32 Å². The summed E-state index contributed by atoms with van der Waals surface area (Å²) in [7, 11) is 0. The lowest BCUT2D eigenvalue weighted by atomic mass is 9.89. The van der Waals surface area contributed by atoms with E-state index in [0.717, 1.165) is 12.8 Å². The van der Waals surface area contributed by atoms with E-state index in [0.29, 0.717) is 37.7 Å². The maximum atomic E-state index is 13.5. The third-order valence-electron chi connectivity index (χ3n) is 5.61. The van der Waals surface area contributed by atoms with Crippen molar-refractivity contribution in [1.29, 1.82) is 0 Å². The molecule has 1 saturated heterocycles. The molecule has 2 aliphatic rings. The van der Waals surface area contributed by atoms with Gasteiger partial charge in [-0.3, -0.25) is 9.59 Å². The van der Waals surface area contributed by atoms with Crippen LogP contribution in [0.1, 0.15) is 50.0 Å². The molecule has 1 aliphatic carbocycles. The van der Waals surface area contributed by atoms with Crippen molar-refractivity contribution in [3.63, 3.8) is 0 Å². The van der Waals surface area contributed by atoms with E-state index in [1.165, 1.54) is 31.4 Å². The molecular weight excluding hydrogens is 335 g/mol. The quantitative estimate of drug-likeness (QED) is 0.816. The number of rotatable bonds is 6. The molecule has 6 heteroatoms. The standard InChI is InChI=1S/C20H27FN2O3/c21-15-6-4-5-14(11-15)17-12-23(13-18(17)20(25)26)10-9-19(24)22-16-7-2-1-3-8-16/h4-6,11,16-18H,1-3,7-10,12-13H2,(H,22,24)(H,25,26)/t17-,18+/m0/s1. The highest BCUT2D eigenvalue weighted by Crippen LogP contribution is 2.33. The topological polar surface area (TPSA) is 69.6 Å². The van der Waals surface area contributed by atoms with Crippen molar-refractivity contribution in [1.82, 2.24) is 10.2 Å². The number of aliphatic carboxylic acids is 1. The predicted molar refractivity (Wildman–Crippen MR) is 96.3 cm³/mol. The number of likely N-dealkylation sites (tertiary alicyclic amines) is 1. The molecule has 0 unspecified atom stereocenters. The van der Waals surface area contributed by atoms with Gasteiger partial charge in [0.1, 0.15) is 5.82 Å². The van der Waals surface area contributed by atoms with Gasteiger partial charge in [-0.2, -0.15) is 0 Å². The third kappa shape index (κ3) is 4.81. The first kappa shape index (κ1) is 18.8. The molecule has 1 amide bonds. The minimum absolute atomic E-state index is 0.0398. The van der Waals surface area contributed by atoms with Crippen LogP contribution in [0.2, 0.25) is 0 Å². The van der Waals surface area contributed by atoms with Crippen LogP contribution in [-0.4, -0.2) is 47.6 Å². The zero-order valence-electron chi connectivity index (χ0n) is 15.0. The van der Waals surface area contributed by atoms with Crippen LogP contribution in [-0.2, 0) is 9.59 Å². The number of carbonyl (C=O) groups is 2. The van der Waals surface area contributed by atoms with Gasteiger partial charge in [-0.1, -0.05) is 31.4 Å². The van der Waals surface area contributed by atoms with Crippen LogP contribution in [0, 0.1) is 11.7 Å².